The summed E-state index contributed by atoms with van der Waals surface area (Å²) in [7, 11) is 15.5. The number of carbonyl (C=O) groups is 5. The molecule has 4 saturated carbocycles. The third kappa shape index (κ3) is 52.0. The Morgan fingerprint density at radius 2 is 0.810 bits per heavy atom. The molecule has 5 aliphatic rings. The number of hydrogen-bond acceptors (Lipinski definition) is 13. The number of aliphatic carboxylic acids is 1. The smallest absolute Gasteiger partial charge is 1.00 e. The SMILES string of the molecule is C1CCOC1.CC(C)(C)OC(=O)N[C@@H](CC1CCCCC1)C(=O)O.CN(C)C(=O)[C@H](CC1CCCCC1)NC(=O)OC(C)(C)C.CN(C)C[C@@H](N)CC1CCCCC1.CN(C)C[C@H](CC1CCCCC1)NC(=O)OC(C)(C)C.CNC.Cl.[AlH3].[H-].[Li+]. The van der Waals surface area contributed by atoms with Crippen LogP contribution in [0.4, 0.5) is 14.4 Å². The molecule has 5 rings (SSSR count). The topological polar surface area (TPSA) is 226 Å². The molecule has 0 bridgehead atoms. The molecule has 4 atom stereocenters. The van der Waals surface area contributed by atoms with E-state index in [0.717, 1.165) is 83.1 Å². The Balaban J connectivity index is -0.000000318. The fourth-order valence-corrected chi connectivity index (χ4v) is 11.0. The van der Waals surface area contributed by atoms with E-state index in [-0.39, 0.29) is 68.1 Å². The van der Waals surface area contributed by atoms with Gasteiger partial charge in [0.2, 0.25) is 5.91 Å². The maximum Gasteiger partial charge on any atom is 1.00 e. The first-order valence-corrected chi connectivity index (χ1v) is 31.5. The molecule has 84 heavy (non-hydrogen) atoms. The molecule has 18 nitrogen and oxygen atoms in total. The predicted octanol–water partition coefficient (Wildman–Crippen LogP) is 8.12. The summed E-state index contributed by atoms with van der Waals surface area (Å²) < 4.78 is 20.7. The van der Waals surface area contributed by atoms with Crippen LogP contribution in [0.1, 0.15) is 231 Å². The van der Waals surface area contributed by atoms with E-state index in [9.17, 15) is 29.1 Å². The Bertz CT molecular complexity index is 1660. The van der Waals surface area contributed by atoms with Gasteiger partial charge in [-0.3, -0.25) is 4.79 Å². The summed E-state index contributed by atoms with van der Waals surface area (Å²) in [5.41, 5.74) is 4.46. The number of carboxylic acid groups (broad SMARTS) is 1. The first-order chi connectivity index (χ1) is 37.8. The van der Waals surface area contributed by atoms with E-state index in [0.29, 0.717) is 30.7 Å². The summed E-state index contributed by atoms with van der Waals surface area (Å²) in [6.45, 7) is 20.3. The molecule has 0 aromatic carbocycles. The number of carboxylic acids is 1. The van der Waals surface area contributed by atoms with Gasteiger partial charge in [-0.05, 0) is 167 Å². The number of halogens is 1. The Morgan fingerprint density at radius 3 is 1.10 bits per heavy atom. The van der Waals surface area contributed by atoms with Crippen LogP contribution in [0.15, 0.2) is 0 Å². The summed E-state index contributed by atoms with van der Waals surface area (Å²) in [6.07, 6.45) is 30.1. The first-order valence-electron chi connectivity index (χ1n) is 31.5. The maximum atomic E-state index is 12.3. The molecule has 1 heterocycles. The van der Waals surface area contributed by atoms with E-state index in [1.807, 2.05) is 69.7 Å². The number of alkyl carbamates (subject to hydrolysis) is 3. The summed E-state index contributed by atoms with van der Waals surface area (Å²) in [4.78, 5) is 64.8. The second-order valence-corrected chi connectivity index (χ2v) is 27.4. The van der Waals surface area contributed by atoms with Crippen LogP contribution in [0.2, 0.25) is 0 Å². The van der Waals surface area contributed by atoms with Gasteiger partial charge in [0.1, 0.15) is 28.9 Å². The molecule has 1 aliphatic heterocycles. The zero-order chi connectivity index (χ0) is 61.6. The number of amides is 4. The molecule has 0 aromatic heterocycles. The van der Waals surface area contributed by atoms with Gasteiger partial charge in [0.05, 0.1) is 0 Å². The fraction of sp³-hybridized carbons (Fsp3) is 0.921. The molecule has 0 radical (unpaired) electrons. The van der Waals surface area contributed by atoms with Crippen LogP contribution in [0.3, 0.4) is 0 Å². The Kier molecular flexibility index (Phi) is 52.4. The van der Waals surface area contributed by atoms with Crippen LogP contribution in [0.25, 0.3) is 0 Å². The van der Waals surface area contributed by atoms with Crippen LogP contribution < -0.4 is 45.9 Å². The minimum absolute atomic E-state index is 0. The van der Waals surface area contributed by atoms with E-state index in [1.165, 1.54) is 114 Å². The number of rotatable bonds is 17. The Labute approximate surface area is 543 Å². The van der Waals surface area contributed by atoms with Crippen molar-refractivity contribution in [1.29, 1.82) is 0 Å². The zero-order valence-electron chi connectivity index (χ0n) is 57.3. The van der Waals surface area contributed by atoms with Gasteiger partial charge in [0, 0.05) is 52.5 Å². The second-order valence-electron chi connectivity index (χ2n) is 27.4. The van der Waals surface area contributed by atoms with Crippen molar-refractivity contribution in [2.45, 2.75) is 270 Å². The molecule has 494 valence electrons. The van der Waals surface area contributed by atoms with E-state index < -0.39 is 47.0 Å². The van der Waals surface area contributed by atoms with Gasteiger partial charge in [0.15, 0.2) is 17.4 Å². The van der Waals surface area contributed by atoms with Gasteiger partial charge in [0.25, 0.3) is 0 Å². The molecule has 0 unspecified atom stereocenters. The van der Waals surface area contributed by atoms with Gasteiger partial charge in [-0.1, -0.05) is 128 Å². The summed E-state index contributed by atoms with van der Waals surface area (Å²) in [5.74, 6) is 1.53. The van der Waals surface area contributed by atoms with Crippen LogP contribution in [0.5, 0.6) is 0 Å². The van der Waals surface area contributed by atoms with Gasteiger partial charge in [-0.25, -0.2) is 19.2 Å². The van der Waals surface area contributed by atoms with Crippen molar-refractivity contribution in [2.24, 2.45) is 29.4 Å². The molecule has 4 amide bonds. The fourth-order valence-electron chi connectivity index (χ4n) is 11.0. The third-order valence-electron chi connectivity index (χ3n) is 14.4. The van der Waals surface area contributed by atoms with Crippen molar-refractivity contribution in [3.05, 3.63) is 0 Å². The van der Waals surface area contributed by atoms with Gasteiger partial charge in [-0.15, -0.1) is 12.4 Å². The van der Waals surface area contributed by atoms with Crippen molar-refractivity contribution in [3.63, 3.8) is 0 Å². The summed E-state index contributed by atoms with van der Waals surface area (Å²) in [5, 5.41) is 20.2. The normalized spacial score (nSPS) is 18.3. The van der Waals surface area contributed by atoms with E-state index in [4.69, 9.17) is 24.7 Å². The van der Waals surface area contributed by atoms with Gasteiger partial charge >= 0.3 is 43.1 Å². The zero-order valence-corrected chi connectivity index (χ0v) is 57.1. The number of nitrogens with one attached hydrogen (secondary N) is 4. The number of carbonyl (C=O) groups excluding carboxylic acids is 4. The standard InChI is InChI=1S/C16H30N2O3.C16H32N2O2.C14H25NO4.C11H24N2.C4H8O.C2H7N.Al.ClH.Li.4H/c1-16(2,3)21-15(20)17-13(14(19)18(4)5)11-12-9-7-6-8-10-12;1-16(2,3)20-15(19)17-14(12-18(4)5)11-13-9-7-6-8-10-13;1-14(2,3)19-13(18)15-11(12(16)17)9-10-7-5-4-6-8-10;1-13(2)9-11(12)8-10-6-4-3-5-7-10;1-2-4-5-3-1;1-3-2;;;;;;;/h12-13H,6-11H2,1-5H3,(H,17,20);13-14H,6-12H2,1-5H3,(H,17,19);10-11H,4-9H2,1-3H3,(H,15,18)(H,16,17);10-11H,3-9,12H2,1-2H3;1-4H2;3H,1-2H3;;1H;;;;;/q;;;;;;;;+1;;;;-1/t13-;14-;2*11-;;;;;;;;;/m0000........./s1. The Morgan fingerprint density at radius 1 is 0.512 bits per heavy atom. The molecule has 5 fully saturated rings. The van der Waals surface area contributed by atoms with Crippen molar-refractivity contribution in [1.82, 2.24) is 36.0 Å². The molecule has 4 aliphatic carbocycles. The number of nitrogens with two attached hydrogens (primary N) is 1. The number of hydrogen-bond donors (Lipinski definition) is 6. The van der Waals surface area contributed by atoms with Gasteiger partial charge < -0.3 is 67.2 Å². The van der Waals surface area contributed by atoms with Crippen LogP contribution in [-0.2, 0) is 28.5 Å². The average Bonchev–Trinajstić information content (AvgIpc) is 3.94. The van der Waals surface area contributed by atoms with Crippen LogP contribution in [0, 0.1) is 23.7 Å². The number of likely N-dealkylation sites (N-methyl/N-ethyl adjacent to an activating group) is 3. The van der Waals surface area contributed by atoms with Crippen molar-refractivity contribution in [3.8, 4) is 0 Å². The summed E-state index contributed by atoms with van der Waals surface area (Å²) >= 11 is 0. The molecule has 7 N–H and O–H groups in total. The van der Waals surface area contributed by atoms with Crippen LogP contribution in [-0.4, -0.2) is 191 Å². The second kappa shape index (κ2) is 49.8. The third-order valence-corrected chi connectivity index (χ3v) is 14.4. The molecular weight excluding hydrogens is 1100 g/mol. The molecule has 0 spiro atoms. The quantitative estimate of drug-likeness (QED) is 0.0598. The molecule has 1 saturated heterocycles. The summed E-state index contributed by atoms with van der Waals surface area (Å²) in [6, 6.07) is -0.767. The largest absolute Gasteiger partial charge is 1.00 e. The minimum atomic E-state index is -0.989. The van der Waals surface area contributed by atoms with Crippen molar-refractivity contribution in [2.75, 3.05) is 82.7 Å². The monoisotopic (exact) mass is 1230 g/mol. The van der Waals surface area contributed by atoms with Gasteiger partial charge in [-0.2, -0.15) is 0 Å². The average molecular weight is 1230 g/mol. The molecule has 0 aromatic rings. The van der Waals surface area contributed by atoms with E-state index in [1.54, 1.807) is 34.9 Å². The van der Waals surface area contributed by atoms with E-state index in [2.05, 4.69) is 45.2 Å². The first kappa shape index (κ1) is 88.4. The van der Waals surface area contributed by atoms with E-state index >= 15 is 0 Å². The Hall–Kier alpha value is -2.03. The number of nitrogens with zero attached hydrogens (tertiary/aromatic N) is 3. The van der Waals surface area contributed by atoms with Crippen molar-refractivity contribution < 1.29 is 68.3 Å². The van der Waals surface area contributed by atoms with Crippen LogP contribution >= 0.6 is 12.4 Å². The molecule has 21 heteroatoms. The number of ether oxygens (including phenoxy) is 4. The predicted molar refractivity (Wildman–Crippen MR) is 349 cm³/mol. The van der Waals surface area contributed by atoms with Crippen molar-refractivity contribution >= 4 is 59.9 Å². The maximum absolute atomic E-state index is 12.3. The minimum Gasteiger partial charge on any atom is -1.00 e. The molecular formula is C63H131AlClLiN8O10.